The van der Waals surface area contributed by atoms with Gasteiger partial charge in [0.2, 0.25) is 0 Å². The highest BCUT2D eigenvalue weighted by Gasteiger charge is 2.09. The Balaban J connectivity index is 2.18. The van der Waals surface area contributed by atoms with Gasteiger partial charge in [-0.1, -0.05) is 31.2 Å². The maximum absolute atomic E-state index is 4.46. The van der Waals surface area contributed by atoms with E-state index in [0.717, 1.165) is 12.8 Å². The Morgan fingerprint density at radius 2 is 1.72 bits per heavy atom. The quantitative estimate of drug-likeness (QED) is 0.794. The molecule has 0 saturated carbocycles. The van der Waals surface area contributed by atoms with Crippen LogP contribution in [-0.4, -0.2) is 9.78 Å². The zero-order chi connectivity index (χ0) is 13.1. The van der Waals surface area contributed by atoms with Gasteiger partial charge in [-0.2, -0.15) is 5.10 Å². The van der Waals surface area contributed by atoms with Gasteiger partial charge in [-0.25, -0.2) is 0 Å². The Kier molecular flexibility index (Phi) is 3.85. The Bertz CT molecular complexity index is 506. The van der Waals surface area contributed by atoms with E-state index in [2.05, 4.69) is 61.7 Å². The number of hydrogen-bond donors (Lipinski definition) is 0. The highest BCUT2D eigenvalue weighted by molar-refractivity contribution is 5.29. The first-order valence-corrected chi connectivity index (χ1v) is 6.72. The summed E-state index contributed by atoms with van der Waals surface area (Å²) in [6, 6.07) is 9.33. The molecule has 0 amide bonds. The summed E-state index contributed by atoms with van der Waals surface area (Å²) in [6.07, 6.45) is 4.08. The minimum Gasteiger partial charge on any atom is -0.267 e. The molecule has 0 saturated heterocycles. The lowest BCUT2D eigenvalue weighted by atomic mass is 10.0. The Labute approximate surface area is 110 Å². The van der Waals surface area contributed by atoms with E-state index in [-0.39, 0.29) is 0 Å². The molecule has 0 N–H and O–H groups in total. The molecular weight excluding hydrogens is 220 g/mol. The Hall–Kier alpha value is -1.57. The molecule has 2 heteroatoms. The Morgan fingerprint density at radius 1 is 1.11 bits per heavy atom. The molecule has 0 bridgehead atoms. The van der Waals surface area contributed by atoms with Crippen molar-refractivity contribution in [3.8, 4) is 0 Å². The minimum absolute atomic E-state index is 0.432. The highest BCUT2D eigenvalue weighted by Crippen LogP contribution is 2.17. The van der Waals surface area contributed by atoms with E-state index in [1.807, 2.05) is 6.20 Å². The van der Waals surface area contributed by atoms with E-state index in [4.69, 9.17) is 0 Å². The molecule has 2 nitrogen and oxygen atoms in total. The summed E-state index contributed by atoms with van der Waals surface area (Å²) in [6.45, 7) is 8.67. The van der Waals surface area contributed by atoms with Crippen molar-refractivity contribution in [1.82, 2.24) is 9.78 Å². The van der Waals surface area contributed by atoms with Gasteiger partial charge in [0.15, 0.2) is 0 Å². The van der Waals surface area contributed by atoms with E-state index in [9.17, 15) is 0 Å². The monoisotopic (exact) mass is 242 g/mol. The molecule has 0 radical (unpaired) electrons. The van der Waals surface area contributed by atoms with Crippen LogP contribution in [0.4, 0.5) is 0 Å². The average molecular weight is 242 g/mol. The lowest BCUT2D eigenvalue weighted by molar-refractivity contribution is 0.518. The lowest BCUT2D eigenvalue weighted by Crippen LogP contribution is -2.05. The molecule has 0 aliphatic carbocycles. The van der Waals surface area contributed by atoms with Crippen LogP contribution in [0.3, 0.4) is 0 Å². The van der Waals surface area contributed by atoms with Crippen LogP contribution in [0.15, 0.2) is 30.5 Å². The van der Waals surface area contributed by atoms with Gasteiger partial charge in [0.25, 0.3) is 0 Å². The molecule has 0 unspecified atom stereocenters. The van der Waals surface area contributed by atoms with Crippen LogP contribution in [0.25, 0.3) is 0 Å². The molecule has 18 heavy (non-hydrogen) atoms. The molecule has 0 spiro atoms. The van der Waals surface area contributed by atoms with Crippen molar-refractivity contribution in [2.75, 3.05) is 0 Å². The number of aryl methyl sites for hydroxylation is 1. The van der Waals surface area contributed by atoms with Gasteiger partial charge < -0.3 is 0 Å². The molecule has 0 atom stereocenters. The van der Waals surface area contributed by atoms with E-state index in [0.29, 0.717) is 6.04 Å². The zero-order valence-electron chi connectivity index (χ0n) is 11.8. The van der Waals surface area contributed by atoms with Crippen molar-refractivity contribution < 1.29 is 0 Å². The third-order valence-electron chi connectivity index (χ3n) is 3.46. The summed E-state index contributed by atoms with van der Waals surface area (Å²) in [5.41, 5.74) is 5.37. The fourth-order valence-electron chi connectivity index (χ4n) is 2.27. The summed E-state index contributed by atoms with van der Waals surface area (Å²) in [7, 11) is 0. The van der Waals surface area contributed by atoms with Gasteiger partial charge in [0.1, 0.15) is 0 Å². The zero-order valence-corrected chi connectivity index (χ0v) is 11.8. The fourth-order valence-corrected chi connectivity index (χ4v) is 2.27. The third-order valence-corrected chi connectivity index (χ3v) is 3.46. The second-order valence-electron chi connectivity index (χ2n) is 5.14. The molecule has 0 fully saturated rings. The number of aromatic nitrogens is 2. The molecule has 2 rings (SSSR count). The standard InChI is InChI=1S/C16H22N2/c1-5-14-6-8-15(9-7-14)10-16-11-17-18(12(2)3)13(16)4/h6-9,11-12H,5,10H2,1-4H3. The highest BCUT2D eigenvalue weighted by atomic mass is 15.3. The largest absolute Gasteiger partial charge is 0.267 e. The summed E-state index contributed by atoms with van der Waals surface area (Å²) < 4.78 is 2.09. The second-order valence-corrected chi connectivity index (χ2v) is 5.14. The summed E-state index contributed by atoms with van der Waals surface area (Å²) in [4.78, 5) is 0. The van der Waals surface area contributed by atoms with Crippen molar-refractivity contribution in [1.29, 1.82) is 0 Å². The lowest BCUT2D eigenvalue weighted by Gasteiger charge is -2.09. The Morgan fingerprint density at radius 3 is 2.22 bits per heavy atom. The van der Waals surface area contributed by atoms with Crippen LogP contribution in [0.1, 0.15) is 49.2 Å². The molecule has 0 aliphatic rings. The first-order valence-electron chi connectivity index (χ1n) is 6.72. The summed E-state index contributed by atoms with van der Waals surface area (Å²) >= 11 is 0. The SMILES string of the molecule is CCc1ccc(Cc2cnn(C(C)C)c2C)cc1. The average Bonchev–Trinajstić information content (AvgIpc) is 2.72. The normalized spacial score (nSPS) is 11.2. The van der Waals surface area contributed by atoms with Crippen molar-refractivity contribution in [3.05, 3.63) is 52.8 Å². The number of hydrogen-bond acceptors (Lipinski definition) is 1. The molecule has 1 aromatic heterocycles. The number of nitrogens with zero attached hydrogens (tertiary/aromatic N) is 2. The molecule has 2 aromatic rings. The molecule has 96 valence electrons. The molecule has 0 aliphatic heterocycles. The van der Waals surface area contributed by atoms with Crippen LogP contribution < -0.4 is 0 Å². The first-order chi connectivity index (χ1) is 8.61. The van der Waals surface area contributed by atoms with Crippen LogP contribution in [0.2, 0.25) is 0 Å². The third kappa shape index (κ3) is 2.63. The maximum Gasteiger partial charge on any atom is 0.0528 e. The van der Waals surface area contributed by atoms with E-state index in [1.165, 1.54) is 22.4 Å². The topological polar surface area (TPSA) is 17.8 Å². The van der Waals surface area contributed by atoms with Gasteiger partial charge >= 0.3 is 0 Å². The molecule has 1 aromatic carbocycles. The first kappa shape index (κ1) is 12.9. The van der Waals surface area contributed by atoms with Crippen LogP contribution >= 0.6 is 0 Å². The smallest absolute Gasteiger partial charge is 0.0528 e. The molecular formula is C16H22N2. The van der Waals surface area contributed by atoms with Gasteiger partial charge in [-0.05, 0) is 43.9 Å². The summed E-state index contributed by atoms with van der Waals surface area (Å²) in [5.74, 6) is 0. The predicted molar refractivity (Wildman–Crippen MR) is 76.0 cm³/mol. The summed E-state index contributed by atoms with van der Waals surface area (Å²) in [5, 5.41) is 4.46. The van der Waals surface area contributed by atoms with E-state index >= 15 is 0 Å². The van der Waals surface area contributed by atoms with Crippen molar-refractivity contribution in [3.63, 3.8) is 0 Å². The van der Waals surface area contributed by atoms with Gasteiger partial charge in [0.05, 0.1) is 6.20 Å². The molecule has 1 heterocycles. The van der Waals surface area contributed by atoms with E-state index in [1.54, 1.807) is 0 Å². The van der Waals surface area contributed by atoms with Crippen molar-refractivity contribution in [2.24, 2.45) is 0 Å². The van der Waals surface area contributed by atoms with Crippen molar-refractivity contribution in [2.45, 2.75) is 46.6 Å². The van der Waals surface area contributed by atoms with Crippen LogP contribution in [0, 0.1) is 6.92 Å². The van der Waals surface area contributed by atoms with Crippen molar-refractivity contribution >= 4 is 0 Å². The fraction of sp³-hybridized carbons (Fsp3) is 0.438. The number of rotatable bonds is 4. The van der Waals surface area contributed by atoms with Gasteiger partial charge in [-0.15, -0.1) is 0 Å². The predicted octanol–water partition coefficient (Wildman–Crippen LogP) is 3.93. The van der Waals surface area contributed by atoms with Gasteiger partial charge in [-0.3, -0.25) is 4.68 Å². The van der Waals surface area contributed by atoms with E-state index < -0.39 is 0 Å². The maximum atomic E-state index is 4.46. The van der Waals surface area contributed by atoms with Crippen LogP contribution in [0.5, 0.6) is 0 Å². The van der Waals surface area contributed by atoms with Crippen LogP contribution in [-0.2, 0) is 12.8 Å². The van der Waals surface area contributed by atoms with Gasteiger partial charge in [0, 0.05) is 18.2 Å². The minimum atomic E-state index is 0.432. The number of benzene rings is 1. The second kappa shape index (κ2) is 5.38.